The van der Waals surface area contributed by atoms with Gasteiger partial charge in [0.1, 0.15) is 0 Å². The lowest BCUT2D eigenvalue weighted by Crippen LogP contribution is -2.25. The molecule has 0 radical (unpaired) electrons. The van der Waals surface area contributed by atoms with Crippen LogP contribution in [0.25, 0.3) is 11.1 Å². The van der Waals surface area contributed by atoms with E-state index in [0.717, 1.165) is 12.0 Å². The lowest BCUT2D eigenvalue weighted by atomic mass is 10.00. The minimum Gasteiger partial charge on any atom is -0.545 e. The zero-order valence-corrected chi connectivity index (χ0v) is 16.5. The van der Waals surface area contributed by atoms with Crippen LogP contribution in [0.5, 0.6) is 0 Å². The van der Waals surface area contributed by atoms with Crippen molar-refractivity contribution in [2.75, 3.05) is 5.32 Å². The number of carboxylic acid groups (broad SMARTS) is 1. The molecule has 0 heterocycles. The summed E-state index contributed by atoms with van der Waals surface area (Å²) in [5.41, 5.74) is 2.98. The molecule has 28 heavy (non-hydrogen) atoms. The summed E-state index contributed by atoms with van der Waals surface area (Å²) >= 11 is 11.9. The van der Waals surface area contributed by atoms with E-state index < -0.39 is 11.9 Å². The van der Waals surface area contributed by atoms with E-state index in [2.05, 4.69) is 12.2 Å². The third-order valence-electron chi connectivity index (χ3n) is 4.36. The largest absolute Gasteiger partial charge is 0.545 e. The van der Waals surface area contributed by atoms with Crippen LogP contribution in [0.15, 0.2) is 60.7 Å². The van der Waals surface area contributed by atoms with Gasteiger partial charge in [0.05, 0.1) is 22.2 Å². The highest BCUT2D eigenvalue weighted by Crippen LogP contribution is 2.27. The second-order valence-corrected chi connectivity index (χ2v) is 7.02. The molecule has 3 rings (SSSR count). The van der Waals surface area contributed by atoms with Crippen molar-refractivity contribution in [3.8, 4) is 11.1 Å². The molecule has 3 aromatic carbocycles. The fourth-order valence-corrected chi connectivity index (χ4v) is 3.29. The van der Waals surface area contributed by atoms with E-state index in [-0.39, 0.29) is 21.8 Å². The molecule has 0 unspecified atom stereocenters. The fraction of sp³-hybridized carbons (Fsp3) is 0.0909. The molecule has 1 N–H and O–H groups in total. The van der Waals surface area contributed by atoms with Crippen LogP contribution in [0.4, 0.5) is 5.69 Å². The standard InChI is InChI=1S/C22H17Cl2NO3/c1-2-13-3-5-14(6-4-13)15-7-10-20(18(11-15)22(27)28)25-21(26)17-9-8-16(23)12-19(17)24/h3-12H,2H2,1H3,(H,25,26)(H,27,28)/p-1. The molecule has 0 saturated carbocycles. The van der Waals surface area contributed by atoms with E-state index >= 15 is 0 Å². The number of amides is 1. The molecule has 0 aliphatic rings. The summed E-state index contributed by atoms with van der Waals surface area (Å²) in [6.07, 6.45) is 0.919. The van der Waals surface area contributed by atoms with Crippen molar-refractivity contribution >= 4 is 40.8 Å². The van der Waals surface area contributed by atoms with Gasteiger partial charge in [-0.3, -0.25) is 4.79 Å². The van der Waals surface area contributed by atoms with Crippen LogP contribution in [-0.4, -0.2) is 11.9 Å². The quantitative estimate of drug-likeness (QED) is 0.651. The van der Waals surface area contributed by atoms with Crippen LogP contribution in [0.3, 0.4) is 0 Å². The molecule has 0 bridgehead atoms. The van der Waals surface area contributed by atoms with E-state index in [1.807, 2.05) is 24.3 Å². The van der Waals surface area contributed by atoms with Crippen LogP contribution in [0.2, 0.25) is 10.0 Å². The van der Waals surface area contributed by atoms with Crippen molar-refractivity contribution < 1.29 is 14.7 Å². The molecule has 6 heteroatoms. The molecule has 0 aromatic heterocycles. The number of aromatic carboxylic acids is 1. The molecule has 0 atom stereocenters. The summed E-state index contributed by atoms with van der Waals surface area (Å²) in [6.45, 7) is 2.06. The summed E-state index contributed by atoms with van der Waals surface area (Å²) in [5, 5.41) is 14.8. The molecule has 0 aliphatic heterocycles. The Bertz CT molecular complexity index is 1050. The van der Waals surface area contributed by atoms with Crippen LogP contribution in [0, 0.1) is 0 Å². The van der Waals surface area contributed by atoms with Gasteiger partial charge in [-0.1, -0.05) is 60.5 Å². The number of benzene rings is 3. The van der Waals surface area contributed by atoms with Gasteiger partial charge in [0.15, 0.2) is 0 Å². The van der Waals surface area contributed by atoms with Gasteiger partial charge in [0, 0.05) is 10.6 Å². The Hall–Kier alpha value is -2.82. The highest BCUT2D eigenvalue weighted by Gasteiger charge is 2.14. The first-order valence-electron chi connectivity index (χ1n) is 8.60. The number of carbonyl (C=O) groups is 2. The van der Waals surface area contributed by atoms with Gasteiger partial charge >= 0.3 is 0 Å². The van der Waals surface area contributed by atoms with Gasteiger partial charge in [-0.15, -0.1) is 0 Å². The van der Waals surface area contributed by atoms with E-state index in [4.69, 9.17) is 23.2 Å². The number of nitrogens with one attached hydrogen (secondary N) is 1. The zero-order chi connectivity index (χ0) is 20.3. The number of carboxylic acids is 1. The summed E-state index contributed by atoms with van der Waals surface area (Å²) in [4.78, 5) is 24.1. The number of carbonyl (C=O) groups excluding carboxylic acids is 2. The van der Waals surface area contributed by atoms with Gasteiger partial charge in [-0.05, 0) is 53.4 Å². The molecule has 0 aliphatic carbocycles. The number of anilines is 1. The summed E-state index contributed by atoms with van der Waals surface area (Å²) in [7, 11) is 0. The molecule has 1 amide bonds. The predicted molar refractivity (Wildman–Crippen MR) is 110 cm³/mol. The highest BCUT2D eigenvalue weighted by molar-refractivity contribution is 6.37. The Kier molecular flexibility index (Phi) is 6.02. The third-order valence-corrected chi connectivity index (χ3v) is 4.91. The smallest absolute Gasteiger partial charge is 0.257 e. The van der Waals surface area contributed by atoms with E-state index in [0.29, 0.717) is 10.6 Å². The Morgan fingerprint density at radius 3 is 2.18 bits per heavy atom. The summed E-state index contributed by atoms with van der Waals surface area (Å²) in [6, 6.07) is 17.1. The normalized spacial score (nSPS) is 10.5. The number of aryl methyl sites for hydroxylation is 1. The fourth-order valence-electron chi connectivity index (χ4n) is 2.80. The first kappa shape index (κ1) is 19.9. The van der Waals surface area contributed by atoms with E-state index in [1.165, 1.54) is 35.9 Å². The maximum absolute atomic E-state index is 12.5. The lowest BCUT2D eigenvalue weighted by molar-refractivity contribution is -0.254. The van der Waals surface area contributed by atoms with Gasteiger partial charge in [0.2, 0.25) is 0 Å². The Morgan fingerprint density at radius 1 is 0.893 bits per heavy atom. The first-order chi connectivity index (χ1) is 13.4. The van der Waals surface area contributed by atoms with Crippen LogP contribution < -0.4 is 10.4 Å². The second-order valence-electron chi connectivity index (χ2n) is 6.18. The minimum atomic E-state index is -1.38. The van der Waals surface area contributed by atoms with Crippen LogP contribution >= 0.6 is 23.2 Å². The summed E-state index contributed by atoms with van der Waals surface area (Å²) in [5.74, 6) is -1.92. The van der Waals surface area contributed by atoms with Crippen LogP contribution in [-0.2, 0) is 6.42 Å². The van der Waals surface area contributed by atoms with E-state index in [9.17, 15) is 14.7 Å². The third kappa shape index (κ3) is 4.35. The topological polar surface area (TPSA) is 69.2 Å². The number of rotatable bonds is 5. The van der Waals surface area contributed by atoms with Gasteiger partial charge in [0.25, 0.3) is 5.91 Å². The average Bonchev–Trinajstić information content (AvgIpc) is 2.68. The van der Waals surface area contributed by atoms with Crippen molar-refractivity contribution in [1.82, 2.24) is 0 Å². The van der Waals surface area contributed by atoms with Crippen molar-refractivity contribution in [3.05, 3.63) is 87.4 Å². The zero-order valence-electron chi connectivity index (χ0n) is 15.0. The first-order valence-corrected chi connectivity index (χ1v) is 9.35. The number of hydrogen-bond donors (Lipinski definition) is 1. The Morgan fingerprint density at radius 2 is 1.57 bits per heavy atom. The number of halogens is 2. The Balaban J connectivity index is 1.92. The van der Waals surface area contributed by atoms with Gasteiger partial charge in [-0.25, -0.2) is 0 Å². The monoisotopic (exact) mass is 412 g/mol. The average molecular weight is 413 g/mol. The Labute approximate surface area is 172 Å². The molecule has 0 spiro atoms. The molecule has 4 nitrogen and oxygen atoms in total. The van der Waals surface area contributed by atoms with Crippen molar-refractivity contribution in [2.45, 2.75) is 13.3 Å². The molecular formula is C22H16Cl2NO3-. The lowest BCUT2D eigenvalue weighted by Gasteiger charge is -2.15. The van der Waals surface area contributed by atoms with Crippen molar-refractivity contribution in [2.24, 2.45) is 0 Å². The van der Waals surface area contributed by atoms with Crippen molar-refractivity contribution in [1.29, 1.82) is 0 Å². The second kappa shape index (κ2) is 8.46. The number of hydrogen-bond acceptors (Lipinski definition) is 3. The molecule has 0 fully saturated rings. The van der Waals surface area contributed by atoms with Crippen LogP contribution in [0.1, 0.15) is 33.2 Å². The molecule has 142 valence electrons. The van der Waals surface area contributed by atoms with E-state index in [1.54, 1.807) is 6.07 Å². The van der Waals surface area contributed by atoms with Gasteiger partial charge < -0.3 is 15.2 Å². The molecule has 3 aromatic rings. The highest BCUT2D eigenvalue weighted by atomic mass is 35.5. The predicted octanol–water partition coefficient (Wildman–Crippen LogP) is 4.84. The van der Waals surface area contributed by atoms with Gasteiger partial charge in [-0.2, -0.15) is 0 Å². The SMILES string of the molecule is CCc1ccc(-c2ccc(NC(=O)c3ccc(Cl)cc3Cl)c(C(=O)[O-])c2)cc1. The minimum absolute atomic E-state index is 0.115. The van der Waals surface area contributed by atoms with Crippen molar-refractivity contribution in [3.63, 3.8) is 0 Å². The molecular weight excluding hydrogens is 397 g/mol. The maximum atomic E-state index is 12.5. The molecule has 0 saturated heterocycles. The maximum Gasteiger partial charge on any atom is 0.257 e. The summed E-state index contributed by atoms with van der Waals surface area (Å²) < 4.78 is 0.